The van der Waals surface area contributed by atoms with E-state index in [1.165, 1.54) is 0 Å². The van der Waals surface area contributed by atoms with E-state index in [9.17, 15) is 8.42 Å². The molecule has 0 atom stereocenters. The van der Waals surface area contributed by atoms with Crippen LogP contribution in [0.15, 0.2) is 29.2 Å². The van der Waals surface area contributed by atoms with Crippen molar-refractivity contribution >= 4 is 15.5 Å². The predicted octanol–water partition coefficient (Wildman–Crippen LogP) is 2.95. The number of nitrogens with one attached hydrogen (secondary N) is 1. The van der Waals surface area contributed by atoms with Crippen LogP contribution in [0.2, 0.25) is 0 Å². The van der Waals surface area contributed by atoms with Crippen LogP contribution in [-0.4, -0.2) is 34.4 Å². The molecule has 0 radical (unpaired) electrons. The smallest absolute Gasteiger partial charge is 0.180 e. The van der Waals surface area contributed by atoms with Crippen molar-refractivity contribution in [3.63, 3.8) is 0 Å². The van der Waals surface area contributed by atoms with E-state index in [-0.39, 0.29) is 11.2 Å². The third-order valence-corrected chi connectivity index (χ3v) is 5.13. The highest BCUT2D eigenvalue weighted by Gasteiger charge is 2.20. The van der Waals surface area contributed by atoms with E-state index in [1.54, 1.807) is 26.2 Å². The zero-order chi connectivity index (χ0) is 15.2. The number of ether oxygens (including phenoxy) is 1. The zero-order valence-electron chi connectivity index (χ0n) is 12.8. The molecule has 0 saturated heterocycles. The lowest BCUT2D eigenvalue weighted by molar-refractivity contribution is 0.157. The Morgan fingerprint density at radius 2 is 1.90 bits per heavy atom. The van der Waals surface area contributed by atoms with E-state index in [1.807, 2.05) is 12.1 Å². The normalized spacial score (nSPS) is 12.4. The van der Waals surface area contributed by atoms with E-state index < -0.39 is 9.84 Å². The van der Waals surface area contributed by atoms with Crippen LogP contribution in [0.1, 0.15) is 27.2 Å². The fourth-order valence-electron chi connectivity index (χ4n) is 1.84. The summed E-state index contributed by atoms with van der Waals surface area (Å²) in [5, 5.41) is 3.27. The van der Waals surface area contributed by atoms with Crippen LogP contribution in [0.3, 0.4) is 0 Å². The molecule has 0 aromatic heterocycles. The summed E-state index contributed by atoms with van der Waals surface area (Å²) < 4.78 is 29.2. The van der Waals surface area contributed by atoms with Crippen LogP contribution in [-0.2, 0) is 14.6 Å². The second kappa shape index (κ2) is 7.09. The molecule has 0 aliphatic rings. The fourth-order valence-corrected chi connectivity index (χ4v) is 2.91. The monoisotopic (exact) mass is 299 g/mol. The summed E-state index contributed by atoms with van der Waals surface area (Å²) >= 11 is 0. The highest BCUT2D eigenvalue weighted by Crippen LogP contribution is 2.25. The molecule has 0 bridgehead atoms. The standard InChI is InChI=1S/C15H25NO3S/c1-5-20(17,18)14-9-7-6-8-13(14)16-12-15(2,3)10-11-19-4/h6-9,16H,5,10-12H2,1-4H3. The van der Waals surface area contributed by atoms with Crippen molar-refractivity contribution < 1.29 is 13.2 Å². The van der Waals surface area contributed by atoms with Gasteiger partial charge in [0.15, 0.2) is 9.84 Å². The van der Waals surface area contributed by atoms with Crippen LogP contribution >= 0.6 is 0 Å². The average Bonchev–Trinajstić information content (AvgIpc) is 2.43. The molecule has 4 nitrogen and oxygen atoms in total. The van der Waals surface area contributed by atoms with Gasteiger partial charge in [0.2, 0.25) is 0 Å². The Hall–Kier alpha value is -1.07. The number of methoxy groups -OCH3 is 1. The summed E-state index contributed by atoms with van der Waals surface area (Å²) in [5.74, 6) is 0.110. The Morgan fingerprint density at radius 1 is 1.25 bits per heavy atom. The van der Waals surface area contributed by atoms with E-state index in [0.717, 1.165) is 6.42 Å². The molecule has 0 heterocycles. The average molecular weight is 299 g/mol. The van der Waals surface area contributed by atoms with Crippen molar-refractivity contribution in [2.75, 3.05) is 31.3 Å². The molecule has 1 aromatic rings. The first-order valence-corrected chi connectivity index (χ1v) is 8.52. The Bertz CT molecular complexity index is 524. The van der Waals surface area contributed by atoms with Gasteiger partial charge in [0.1, 0.15) is 0 Å². The minimum atomic E-state index is -3.20. The minimum Gasteiger partial charge on any atom is -0.385 e. The van der Waals surface area contributed by atoms with Gasteiger partial charge in [0.05, 0.1) is 16.3 Å². The molecule has 0 amide bonds. The maximum atomic E-state index is 12.1. The van der Waals surface area contributed by atoms with Gasteiger partial charge in [-0.2, -0.15) is 0 Å². The summed E-state index contributed by atoms with van der Waals surface area (Å²) in [4.78, 5) is 0.380. The summed E-state index contributed by atoms with van der Waals surface area (Å²) in [6.45, 7) is 7.33. The number of anilines is 1. The molecule has 1 rings (SSSR count). The summed E-state index contributed by atoms with van der Waals surface area (Å²) in [6, 6.07) is 7.07. The molecule has 1 N–H and O–H groups in total. The molecule has 0 aliphatic heterocycles. The van der Waals surface area contributed by atoms with Gasteiger partial charge in [-0.25, -0.2) is 8.42 Å². The van der Waals surface area contributed by atoms with E-state index >= 15 is 0 Å². The number of hydrogen-bond donors (Lipinski definition) is 1. The number of para-hydroxylation sites is 1. The van der Waals surface area contributed by atoms with Gasteiger partial charge >= 0.3 is 0 Å². The molecule has 20 heavy (non-hydrogen) atoms. The predicted molar refractivity (Wildman–Crippen MR) is 82.9 cm³/mol. The Labute approximate surface area is 122 Å². The molecule has 0 saturated carbocycles. The molecule has 0 spiro atoms. The Morgan fingerprint density at radius 3 is 2.50 bits per heavy atom. The van der Waals surface area contributed by atoms with Gasteiger partial charge in [0, 0.05) is 20.3 Å². The van der Waals surface area contributed by atoms with Crippen molar-refractivity contribution in [3.05, 3.63) is 24.3 Å². The molecule has 114 valence electrons. The topological polar surface area (TPSA) is 55.4 Å². The molecule has 0 fully saturated rings. The lowest BCUT2D eigenvalue weighted by atomic mass is 9.89. The summed E-state index contributed by atoms with van der Waals surface area (Å²) in [5.41, 5.74) is 0.721. The molecular formula is C15H25NO3S. The minimum absolute atomic E-state index is 0.0408. The number of hydrogen-bond acceptors (Lipinski definition) is 4. The first kappa shape index (κ1) is 17.0. The molecule has 0 unspecified atom stereocenters. The Kier molecular flexibility index (Phi) is 6.02. The highest BCUT2D eigenvalue weighted by atomic mass is 32.2. The summed E-state index contributed by atoms with van der Waals surface area (Å²) in [6.07, 6.45) is 0.916. The van der Waals surface area contributed by atoms with E-state index in [2.05, 4.69) is 19.2 Å². The van der Waals surface area contributed by atoms with Gasteiger partial charge < -0.3 is 10.1 Å². The van der Waals surface area contributed by atoms with Gasteiger partial charge in [-0.1, -0.05) is 32.9 Å². The largest absolute Gasteiger partial charge is 0.385 e. The molecule has 1 aromatic carbocycles. The SMILES string of the molecule is CCS(=O)(=O)c1ccccc1NCC(C)(C)CCOC. The fraction of sp³-hybridized carbons (Fsp3) is 0.600. The van der Waals surface area contributed by atoms with E-state index in [4.69, 9.17) is 4.74 Å². The van der Waals surface area contributed by atoms with E-state index in [0.29, 0.717) is 23.7 Å². The van der Waals surface area contributed by atoms with Gasteiger partial charge in [-0.05, 0) is 24.0 Å². The maximum absolute atomic E-state index is 12.1. The van der Waals surface area contributed by atoms with Crippen LogP contribution in [0.4, 0.5) is 5.69 Å². The van der Waals surface area contributed by atoms with Crippen LogP contribution in [0.25, 0.3) is 0 Å². The second-order valence-electron chi connectivity index (χ2n) is 5.66. The van der Waals surface area contributed by atoms with Crippen LogP contribution in [0.5, 0.6) is 0 Å². The second-order valence-corrected chi connectivity index (χ2v) is 7.91. The molecular weight excluding hydrogens is 274 g/mol. The van der Waals surface area contributed by atoms with Crippen molar-refractivity contribution in [1.82, 2.24) is 0 Å². The van der Waals surface area contributed by atoms with Crippen LogP contribution < -0.4 is 5.32 Å². The first-order chi connectivity index (χ1) is 9.32. The molecule has 0 aliphatic carbocycles. The maximum Gasteiger partial charge on any atom is 0.180 e. The number of sulfone groups is 1. The third-order valence-electron chi connectivity index (χ3n) is 3.34. The quantitative estimate of drug-likeness (QED) is 0.802. The van der Waals surface area contributed by atoms with Gasteiger partial charge in [0.25, 0.3) is 0 Å². The zero-order valence-corrected chi connectivity index (χ0v) is 13.6. The lowest BCUT2D eigenvalue weighted by Crippen LogP contribution is -2.25. The third kappa shape index (κ3) is 4.80. The van der Waals surface area contributed by atoms with Crippen molar-refractivity contribution in [1.29, 1.82) is 0 Å². The Balaban J connectivity index is 2.84. The number of rotatable bonds is 8. The molecule has 5 heteroatoms. The number of benzene rings is 1. The van der Waals surface area contributed by atoms with Gasteiger partial charge in [-0.15, -0.1) is 0 Å². The van der Waals surface area contributed by atoms with Gasteiger partial charge in [-0.3, -0.25) is 0 Å². The highest BCUT2D eigenvalue weighted by molar-refractivity contribution is 7.91. The van der Waals surface area contributed by atoms with Crippen molar-refractivity contribution in [2.24, 2.45) is 5.41 Å². The van der Waals surface area contributed by atoms with Crippen molar-refractivity contribution in [2.45, 2.75) is 32.1 Å². The van der Waals surface area contributed by atoms with Crippen molar-refractivity contribution in [3.8, 4) is 0 Å². The van der Waals surface area contributed by atoms with Crippen LogP contribution in [0, 0.1) is 5.41 Å². The summed E-state index contributed by atoms with van der Waals surface area (Å²) in [7, 11) is -1.51. The first-order valence-electron chi connectivity index (χ1n) is 6.87. The lowest BCUT2D eigenvalue weighted by Gasteiger charge is -2.25.